The summed E-state index contributed by atoms with van der Waals surface area (Å²) in [7, 11) is 0. The van der Waals surface area contributed by atoms with Gasteiger partial charge >= 0.3 is 0 Å². The number of allylic oxidation sites excluding steroid dienone is 2. The van der Waals surface area contributed by atoms with E-state index < -0.39 is 0 Å². The molecular formula is C11H20O2. The third-order valence-corrected chi connectivity index (χ3v) is 2.25. The van der Waals surface area contributed by atoms with Crippen molar-refractivity contribution in [1.29, 1.82) is 0 Å². The Morgan fingerprint density at radius 3 is 2.92 bits per heavy atom. The molecule has 1 aliphatic carbocycles. The molecule has 0 amide bonds. The summed E-state index contributed by atoms with van der Waals surface area (Å²) in [6.45, 7) is 2.94. The molecule has 76 valence electrons. The van der Waals surface area contributed by atoms with Gasteiger partial charge in [-0.3, -0.25) is 0 Å². The van der Waals surface area contributed by atoms with Gasteiger partial charge in [0.15, 0.2) is 0 Å². The predicted molar refractivity (Wildman–Crippen MR) is 53.1 cm³/mol. The molecule has 0 aromatic carbocycles. The number of rotatable bonds is 7. The first-order chi connectivity index (χ1) is 6.43. The Balaban J connectivity index is 1.83. The minimum Gasteiger partial charge on any atom is -0.342 e. The molecule has 13 heavy (non-hydrogen) atoms. The second-order valence-corrected chi connectivity index (χ2v) is 3.53. The Morgan fingerprint density at radius 2 is 2.23 bits per heavy atom. The molecule has 0 aromatic rings. The first-order valence-electron chi connectivity index (χ1n) is 5.42. The van der Waals surface area contributed by atoms with Crippen LogP contribution in [0.4, 0.5) is 0 Å². The van der Waals surface area contributed by atoms with Gasteiger partial charge < -0.3 is 4.89 Å². The van der Waals surface area contributed by atoms with Crippen molar-refractivity contribution in [2.75, 3.05) is 6.61 Å². The van der Waals surface area contributed by atoms with E-state index in [9.17, 15) is 0 Å². The summed E-state index contributed by atoms with van der Waals surface area (Å²) in [4.78, 5) is 10.2. The fourth-order valence-corrected chi connectivity index (χ4v) is 1.42. The van der Waals surface area contributed by atoms with E-state index >= 15 is 0 Å². The molecular weight excluding hydrogens is 164 g/mol. The topological polar surface area (TPSA) is 18.5 Å². The van der Waals surface area contributed by atoms with Crippen LogP contribution in [0.2, 0.25) is 0 Å². The lowest BCUT2D eigenvalue weighted by Gasteiger charge is -2.04. The Morgan fingerprint density at radius 1 is 1.31 bits per heavy atom. The van der Waals surface area contributed by atoms with E-state index in [2.05, 4.69) is 13.0 Å². The van der Waals surface area contributed by atoms with Gasteiger partial charge in [0.05, 0.1) is 6.61 Å². The van der Waals surface area contributed by atoms with E-state index in [1.165, 1.54) is 25.7 Å². The molecule has 0 heterocycles. The van der Waals surface area contributed by atoms with E-state index in [1.54, 1.807) is 0 Å². The minimum atomic E-state index is 0.733. The third kappa shape index (κ3) is 4.94. The Hall–Kier alpha value is -0.500. The number of hydrogen-bond donors (Lipinski definition) is 0. The van der Waals surface area contributed by atoms with Gasteiger partial charge in [-0.1, -0.05) is 26.2 Å². The largest absolute Gasteiger partial charge is 0.342 e. The second-order valence-electron chi connectivity index (χ2n) is 3.53. The first-order valence-corrected chi connectivity index (χ1v) is 5.42. The van der Waals surface area contributed by atoms with Crippen molar-refractivity contribution < 1.29 is 9.78 Å². The van der Waals surface area contributed by atoms with Crippen LogP contribution in [0, 0.1) is 0 Å². The van der Waals surface area contributed by atoms with E-state index in [1.807, 2.05) is 0 Å². The summed E-state index contributed by atoms with van der Waals surface area (Å²) in [6.07, 6.45) is 10.5. The van der Waals surface area contributed by atoms with Crippen LogP contribution in [0.1, 0.15) is 51.9 Å². The Kier molecular flexibility index (Phi) is 5.66. The Labute approximate surface area is 80.8 Å². The molecule has 0 atom stereocenters. The van der Waals surface area contributed by atoms with Gasteiger partial charge in [-0.15, -0.1) is 0 Å². The Bertz CT molecular complexity index is 152. The van der Waals surface area contributed by atoms with Crippen LogP contribution in [-0.2, 0) is 9.78 Å². The highest BCUT2D eigenvalue weighted by Crippen LogP contribution is 2.18. The van der Waals surface area contributed by atoms with Crippen molar-refractivity contribution in [1.82, 2.24) is 0 Å². The molecule has 0 aromatic heterocycles. The summed E-state index contributed by atoms with van der Waals surface area (Å²) in [5, 5.41) is 0. The SMILES string of the molecule is CCCCCCOOC1=CCCC1. The molecule has 0 radical (unpaired) electrons. The molecule has 0 fully saturated rings. The van der Waals surface area contributed by atoms with Crippen LogP contribution in [0.5, 0.6) is 0 Å². The quantitative estimate of drug-likeness (QED) is 0.342. The zero-order valence-corrected chi connectivity index (χ0v) is 8.55. The zero-order chi connectivity index (χ0) is 9.36. The molecule has 0 saturated carbocycles. The fourth-order valence-electron chi connectivity index (χ4n) is 1.42. The van der Waals surface area contributed by atoms with Crippen LogP contribution < -0.4 is 0 Å². The van der Waals surface area contributed by atoms with E-state index in [0.29, 0.717) is 0 Å². The molecule has 0 N–H and O–H groups in total. The highest BCUT2D eigenvalue weighted by molar-refractivity contribution is 4.98. The first kappa shape index (κ1) is 10.6. The maximum Gasteiger partial charge on any atom is 0.138 e. The second kappa shape index (κ2) is 6.96. The van der Waals surface area contributed by atoms with Crippen molar-refractivity contribution in [2.24, 2.45) is 0 Å². The number of unbranched alkanes of at least 4 members (excludes halogenated alkanes) is 3. The van der Waals surface area contributed by atoms with Gasteiger partial charge in [0.25, 0.3) is 0 Å². The molecule has 0 saturated heterocycles. The average Bonchev–Trinajstić information content (AvgIpc) is 2.63. The lowest BCUT2D eigenvalue weighted by atomic mass is 10.2. The van der Waals surface area contributed by atoms with Crippen molar-refractivity contribution in [2.45, 2.75) is 51.9 Å². The van der Waals surface area contributed by atoms with E-state index in [-0.39, 0.29) is 0 Å². The standard InChI is InChI=1S/C11H20O2/c1-2-3-4-7-10-12-13-11-8-5-6-9-11/h8H,2-7,9-10H2,1H3. The summed E-state index contributed by atoms with van der Waals surface area (Å²) in [5.74, 6) is 1.02. The smallest absolute Gasteiger partial charge is 0.138 e. The maximum atomic E-state index is 5.14. The van der Waals surface area contributed by atoms with Gasteiger partial charge in [-0.2, -0.15) is 4.89 Å². The van der Waals surface area contributed by atoms with Gasteiger partial charge in [0, 0.05) is 6.42 Å². The van der Waals surface area contributed by atoms with Gasteiger partial charge in [-0.25, -0.2) is 0 Å². The van der Waals surface area contributed by atoms with Crippen LogP contribution in [0.25, 0.3) is 0 Å². The highest BCUT2D eigenvalue weighted by Gasteiger charge is 2.05. The summed E-state index contributed by atoms with van der Waals surface area (Å²) in [5.41, 5.74) is 0. The molecule has 0 aliphatic heterocycles. The predicted octanol–water partition coefficient (Wildman–Crippen LogP) is 3.58. The van der Waals surface area contributed by atoms with Crippen molar-refractivity contribution in [3.8, 4) is 0 Å². The van der Waals surface area contributed by atoms with Crippen molar-refractivity contribution >= 4 is 0 Å². The van der Waals surface area contributed by atoms with Crippen LogP contribution >= 0.6 is 0 Å². The maximum absolute atomic E-state index is 5.14. The summed E-state index contributed by atoms with van der Waals surface area (Å²) >= 11 is 0. The molecule has 2 nitrogen and oxygen atoms in total. The summed E-state index contributed by atoms with van der Waals surface area (Å²) < 4.78 is 0. The van der Waals surface area contributed by atoms with Crippen LogP contribution in [0.15, 0.2) is 11.8 Å². The van der Waals surface area contributed by atoms with Gasteiger partial charge in [0.1, 0.15) is 5.76 Å². The lowest BCUT2D eigenvalue weighted by molar-refractivity contribution is -0.263. The summed E-state index contributed by atoms with van der Waals surface area (Å²) in [6, 6.07) is 0. The third-order valence-electron chi connectivity index (χ3n) is 2.25. The van der Waals surface area contributed by atoms with Crippen molar-refractivity contribution in [3.63, 3.8) is 0 Å². The molecule has 0 unspecified atom stereocenters. The average molecular weight is 184 g/mol. The normalized spacial score (nSPS) is 15.9. The van der Waals surface area contributed by atoms with Crippen LogP contribution in [-0.4, -0.2) is 6.61 Å². The van der Waals surface area contributed by atoms with E-state index in [4.69, 9.17) is 9.78 Å². The fraction of sp³-hybridized carbons (Fsp3) is 0.818. The van der Waals surface area contributed by atoms with E-state index in [0.717, 1.165) is 31.6 Å². The van der Waals surface area contributed by atoms with Gasteiger partial charge in [0.2, 0.25) is 0 Å². The highest BCUT2D eigenvalue weighted by atomic mass is 17.2. The number of hydrogen-bond acceptors (Lipinski definition) is 2. The van der Waals surface area contributed by atoms with Gasteiger partial charge in [-0.05, 0) is 25.3 Å². The molecule has 2 heteroatoms. The molecule has 0 spiro atoms. The molecule has 0 bridgehead atoms. The monoisotopic (exact) mass is 184 g/mol. The minimum absolute atomic E-state index is 0.733. The van der Waals surface area contributed by atoms with Crippen LogP contribution in [0.3, 0.4) is 0 Å². The van der Waals surface area contributed by atoms with Crippen molar-refractivity contribution in [3.05, 3.63) is 11.8 Å². The molecule has 1 rings (SSSR count). The zero-order valence-electron chi connectivity index (χ0n) is 8.55. The molecule has 1 aliphatic rings. The lowest BCUT2D eigenvalue weighted by Crippen LogP contribution is -1.95.